The zero-order chi connectivity index (χ0) is 15.4. The fourth-order valence-corrected chi connectivity index (χ4v) is 8.26. The normalized spacial score (nSPS) is 11.1. The van der Waals surface area contributed by atoms with Gasteiger partial charge in [-0.25, -0.2) is 0 Å². The minimum absolute atomic E-state index is 0.556. The molecule has 0 heterocycles. The molecule has 0 saturated heterocycles. The van der Waals surface area contributed by atoms with Crippen LogP contribution in [0.4, 0.5) is 0 Å². The van der Waals surface area contributed by atoms with Crippen LogP contribution < -0.4 is 13.1 Å². The molecule has 0 amide bonds. The molecular weight excluding hydrogens is 327 g/mol. The predicted molar refractivity (Wildman–Crippen MR) is 98.1 cm³/mol. The second-order valence-electron chi connectivity index (χ2n) is 5.72. The van der Waals surface area contributed by atoms with Crippen LogP contribution in [0.1, 0.15) is 25.3 Å². The fraction of sp³-hybridized carbons (Fsp3) is 0.143. The molecule has 0 fully saturated rings. The maximum atomic E-state index is 2.34. The van der Waals surface area contributed by atoms with Gasteiger partial charge in [-0.3, -0.25) is 0 Å². The molecule has 22 heavy (non-hydrogen) atoms. The molecule has 3 aromatic carbocycles. The summed E-state index contributed by atoms with van der Waals surface area (Å²) in [6.45, 7) is 4.59. The average Bonchev–Trinajstić information content (AvgIpc) is 2.57. The van der Waals surface area contributed by atoms with Crippen molar-refractivity contribution in [2.24, 2.45) is 0 Å². The molecule has 3 rings (SSSR count). The van der Waals surface area contributed by atoms with Crippen molar-refractivity contribution in [2.75, 3.05) is 0 Å². The molecule has 110 valence electrons. The number of hydrogen-bond acceptors (Lipinski definition) is 0. The van der Waals surface area contributed by atoms with Crippen molar-refractivity contribution in [2.45, 2.75) is 19.8 Å². The fourth-order valence-electron chi connectivity index (χ4n) is 2.76. The van der Waals surface area contributed by atoms with Crippen molar-refractivity contribution < 1.29 is 0 Å². The first-order chi connectivity index (χ1) is 10.8. The second kappa shape index (κ2) is 6.99. The van der Waals surface area contributed by atoms with E-state index in [2.05, 4.69) is 98.8 Å². The van der Waals surface area contributed by atoms with Gasteiger partial charge in [0.1, 0.15) is 0 Å². The Morgan fingerprint density at radius 3 is 1.55 bits per heavy atom. The van der Waals surface area contributed by atoms with Crippen LogP contribution in [0.2, 0.25) is 0 Å². The van der Waals surface area contributed by atoms with Crippen molar-refractivity contribution in [3.8, 4) is 0 Å². The van der Waals surface area contributed by atoms with E-state index < -0.39 is 14.7 Å². The maximum absolute atomic E-state index is 2.34. The van der Waals surface area contributed by atoms with E-state index >= 15 is 0 Å². The monoisotopic (exact) mass is 348 g/mol. The third kappa shape index (κ3) is 3.18. The number of benzene rings is 3. The van der Waals surface area contributed by atoms with E-state index in [0.29, 0.717) is 5.92 Å². The Bertz CT molecular complexity index is 678. The first-order valence-corrected chi connectivity index (χ1v) is 10.6. The average molecular weight is 348 g/mol. The molecule has 0 aliphatic carbocycles. The van der Waals surface area contributed by atoms with Gasteiger partial charge in [0.15, 0.2) is 0 Å². The summed E-state index contributed by atoms with van der Waals surface area (Å²) in [6, 6.07) is 31.1. The Kier molecular flexibility index (Phi) is 4.80. The first-order valence-electron chi connectivity index (χ1n) is 7.76. The van der Waals surface area contributed by atoms with Crippen molar-refractivity contribution >= 4 is 27.7 Å². The van der Waals surface area contributed by atoms with Gasteiger partial charge in [0.25, 0.3) is 0 Å². The third-order valence-electron chi connectivity index (χ3n) is 3.83. The Hall–Kier alpha value is -1.78. The molecule has 0 unspecified atom stereocenters. The molecule has 0 aliphatic heterocycles. The topological polar surface area (TPSA) is 0 Å². The summed E-state index contributed by atoms with van der Waals surface area (Å²) >= 11 is -1.49. The molecule has 0 nitrogen and oxygen atoms in total. The summed E-state index contributed by atoms with van der Waals surface area (Å²) in [6.07, 6.45) is 0. The van der Waals surface area contributed by atoms with Crippen LogP contribution in [0.3, 0.4) is 0 Å². The SMILES string of the molecule is CC(C)c1ccccc1[As](c1ccccc1)c1ccccc1. The predicted octanol–water partition coefficient (Wildman–Crippen LogP) is 3.33. The van der Waals surface area contributed by atoms with Gasteiger partial charge in [-0.05, 0) is 0 Å². The summed E-state index contributed by atoms with van der Waals surface area (Å²) in [7, 11) is 0. The van der Waals surface area contributed by atoms with Crippen LogP contribution in [-0.4, -0.2) is 14.7 Å². The summed E-state index contributed by atoms with van der Waals surface area (Å²) in [5.41, 5.74) is 1.50. The van der Waals surface area contributed by atoms with E-state index in [1.165, 1.54) is 14.3 Å². The standard InChI is InChI=1S/C21H21As/c1-17(2)20-15-9-10-16-21(20)22(18-11-5-3-6-12-18)19-13-7-4-8-14-19/h3-17H,1-2H3. The van der Waals surface area contributed by atoms with Crippen LogP contribution in [0.25, 0.3) is 0 Å². The van der Waals surface area contributed by atoms with Gasteiger partial charge >= 0.3 is 138 Å². The Morgan fingerprint density at radius 1 is 0.591 bits per heavy atom. The molecule has 3 aromatic rings. The van der Waals surface area contributed by atoms with Crippen LogP contribution in [-0.2, 0) is 0 Å². The summed E-state index contributed by atoms with van der Waals surface area (Å²) in [5, 5.41) is 0. The summed E-state index contributed by atoms with van der Waals surface area (Å²) in [4.78, 5) is 0. The van der Waals surface area contributed by atoms with Crippen LogP contribution in [0.15, 0.2) is 84.9 Å². The van der Waals surface area contributed by atoms with Gasteiger partial charge in [-0.15, -0.1) is 0 Å². The summed E-state index contributed by atoms with van der Waals surface area (Å²) < 4.78 is 4.55. The van der Waals surface area contributed by atoms with Crippen molar-refractivity contribution in [1.29, 1.82) is 0 Å². The van der Waals surface area contributed by atoms with Crippen molar-refractivity contribution in [1.82, 2.24) is 0 Å². The van der Waals surface area contributed by atoms with Gasteiger partial charge in [-0.1, -0.05) is 0 Å². The van der Waals surface area contributed by atoms with Crippen LogP contribution in [0, 0.1) is 0 Å². The van der Waals surface area contributed by atoms with E-state index in [-0.39, 0.29) is 0 Å². The number of hydrogen-bond donors (Lipinski definition) is 0. The number of rotatable bonds is 4. The molecule has 0 bridgehead atoms. The van der Waals surface area contributed by atoms with E-state index in [1.807, 2.05) is 0 Å². The van der Waals surface area contributed by atoms with Gasteiger partial charge in [-0.2, -0.15) is 0 Å². The molecule has 0 spiro atoms. The molecular formula is C21H21As. The van der Waals surface area contributed by atoms with Gasteiger partial charge in [0.05, 0.1) is 0 Å². The van der Waals surface area contributed by atoms with E-state index in [9.17, 15) is 0 Å². The molecule has 0 aliphatic rings. The van der Waals surface area contributed by atoms with Gasteiger partial charge in [0, 0.05) is 0 Å². The Morgan fingerprint density at radius 2 is 1.05 bits per heavy atom. The van der Waals surface area contributed by atoms with Crippen molar-refractivity contribution in [3.63, 3.8) is 0 Å². The second-order valence-corrected chi connectivity index (χ2v) is 10.3. The molecule has 0 radical (unpaired) electrons. The summed E-state index contributed by atoms with van der Waals surface area (Å²) in [5.74, 6) is 0.556. The molecule has 0 atom stereocenters. The Labute approximate surface area is 138 Å². The van der Waals surface area contributed by atoms with Crippen LogP contribution >= 0.6 is 0 Å². The van der Waals surface area contributed by atoms with E-state index in [0.717, 1.165) is 0 Å². The quantitative estimate of drug-likeness (QED) is 0.635. The third-order valence-corrected chi connectivity index (χ3v) is 9.11. The molecule has 0 saturated carbocycles. The first kappa shape index (κ1) is 15.1. The molecule has 1 heteroatoms. The van der Waals surface area contributed by atoms with Crippen molar-refractivity contribution in [3.05, 3.63) is 90.5 Å². The zero-order valence-corrected chi connectivity index (χ0v) is 15.0. The van der Waals surface area contributed by atoms with Gasteiger partial charge in [0.2, 0.25) is 0 Å². The van der Waals surface area contributed by atoms with Crippen LogP contribution in [0.5, 0.6) is 0 Å². The molecule has 0 N–H and O–H groups in total. The molecule has 0 aromatic heterocycles. The van der Waals surface area contributed by atoms with Gasteiger partial charge < -0.3 is 0 Å². The zero-order valence-electron chi connectivity index (χ0n) is 13.1. The van der Waals surface area contributed by atoms with E-state index in [1.54, 1.807) is 4.35 Å². The Balaban J connectivity index is 2.19. The minimum atomic E-state index is -1.49. The van der Waals surface area contributed by atoms with E-state index in [4.69, 9.17) is 0 Å².